The van der Waals surface area contributed by atoms with Gasteiger partial charge < -0.3 is 0 Å². The number of hydrogen-bond donors (Lipinski definition) is 0. The largest absolute Gasteiger partial charge is 0.255 e. The maximum Gasteiger partial charge on any atom is 0.0892 e. The molecule has 0 aromatic carbocycles. The van der Waals surface area contributed by atoms with E-state index in [1.807, 2.05) is 73.3 Å². The van der Waals surface area contributed by atoms with Crippen LogP contribution < -0.4 is 0 Å². The highest BCUT2D eigenvalue weighted by Crippen LogP contribution is 2.20. The third-order valence-electron chi connectivity index (χ3n) is 4.39. The predicted octanol–water partition coefficient (Wildman–Crippen LogP) is 5.39. The number of hydrogen-bond acceptors (Lipinski definition) is 4. The third-order valence-corrected chi connectivity index (χ3v) is 4.39. The first kappa shape index (κ1) is 17.7. The molecule has 0 N–H and O–H groups in total. The van der Waals surface area contributed by atoms with E-state index in [0.717, 1.165) is 33.9 Å². The monoisotopic (exact) mass is 364 g/mol. The Morgan fingerprint density at radius 3 is 1.25 bits per heavy atom. The molecule has 0 saturated heterocycles. The van der Waals surface area contributed by atoms with Crippen molar-refractivity contribution in [1.82, 2.24) is 19.9 Å². The molecule has 4 rings (SSSR count). The summed E-state index contributed by atoms with van der Waals surface area (Å²) in [6.45, 7) is 4.11. The van der Waals surface area contributed by atoms with Gasteiger partial charge in [0, 0.05) is 24.8 Å². The molecule has 0 unspecified atom stereocenters. The quantitative estimate of drug-likeness (QED) is 0.487. The number of aromatic nitrogens is 4. The predicted molar refractivity (Wildman–Crippen MR) is 113 cm³/mol. The molecular weight excluding hydrogens is 344 g/mol. The molecule has 136 valence electrons. The average molecular weight is 364 g/mol. The van der Waals surface area contributed by atoms with Crippen molar-refractivity contribution in [3.05, 3.63) is 95.6 Å². The van der Waals surface area contributed by atoms with Crippen LogP contribution >= 0.6 is 0 Å². The van der Waals surface area contributed by atoms with Gasteiger partial charge in [-0.1, -0.05) is 12.2 Å². The normalized spacial score (nSPS) is 11.1. The second kappa shape index (κ2) is 7.92. The summed E-state index contributed by atoms with van der Waals surface area (Å²) in [7, 11) is 0. The summed E-state index contributed by atoms with van der Waals surface area (Å²) in [6, 6.07) is 16.1. The molecular formula is C24H20N4. The molecule has 0 aliphatic heterocycles. The Balaban J connectivity index is 1.60. The smallest absolute Gasteiger partial charge is 0.0892 e. The summed E-state index contributed by atoms with van der Waals surface area (Å²) in [5, 5.41) is 0. The molecule has 0 fully saturated rings. The van der Waals surface area contributed by atoms with Gasteiger partial charge >= 0.3 is 0 Å². The van der Waals surface area contributed by atoms with Crippen molar-refractivity contribution in [1.29, 1.82) is 0 Å². The Hall–Kier alpha value is -3.66. The molecule has 0 bridgehead atoms. The Bertz CT molecular complexity index is 1060. The van der Waals surface area contributed by atoms with Crippen LogP contribution in [0.5, 0.6) is 0 Å². The summed E-state index contributed by atoms with van der Waals surface area (Å²) in [5.74, 6) is 0. The topological polar surface area (TPSA) is 51.6 Å². The van der Waals surface area contributed by atoms with E-state index in [1.54, 1.807) is 0 Å². The van der Waals surface area contributed by atoms with Gasteiger partial charge in [0.1, 0.15) is 0 Å². The van der Waals surface area contributed by atoms with Gasteiger partial charge in [-0.3, -0.25) is 19.9 Å². The highest BCUT2D eigenvalue weighted by molar-refractivity contribution is 5.73. The molecule has 4 aromatic rings. The molecule has 0 saturated carbocycles. The average Bonchev–Trinajstić information content (AvgIpc) is 2.73. The Morgan fingerprint density at radius 1 is 0.500 bits per heavy atom. The minimum atomic E-state index is 0.866. The van der Waals surface area contributed by atoms with Gasteiger partial charge in [0.15, 0.2) is 0 Å². The van der Waals surface area contributed by atoms with Gasteiger partial charge in [0.05, 0.1) is 22.8 Å². The van der Waals surface area contributed by atoms with E-state index in [4.69, 9.17) is 0 Å². The highest BCUT2D eigenvalue weighted by atomic mass is 14.8. The maximum atomic E-state index is 4.45. The molecule has 0 atom stereocenters. The van der Waals surface area contributed by atoms with E-state index in [1.165, 1.54) is 11.1 Å². The van der Waals surface area contributed by atoms with Crippen molar-refractivity contribution in [2.75, 3.05) is 0 Å². The minimum absolute atomic E-state index is 0.866. The summed E-state index contributed by atoms with van der Waals surface area (Å²) >= 11 is 0. The number of pyridine rings is 4. The molecule has 0 aliphatic carbocycles. The van der Waals surface area contributed by atoms with Crippen LogP contribution in [0.25, 0.3) is 34.9 Å². The summed E-state index contributed by atoms with van der Waals surface area (Å²) in [6.07, 6.45) is 11.4. The second-order valence-corrected chi connectivity index (χ2v) is 6.72. The van der Waals surface area contributed by atoms with Crippen LogP contribution in [0.1, 0.15) is 22.3 Å². The summed E-state index contributed by atoms with van der Waals surface area (Å²) in [5.41, 5.74) is 7.97. The van der Waals surface area contributed by atoms with Gasteiger partial charge in [0.2, 0.25) is 0 Å². The van der Waals surface area contributed by atoms with Gasteiger partial charge in [-0.05, 0) is 84.6 Å². The zero-order chi connectivity index (χ0) is 19.3. The second-order valence-electron chi connectivity index (χ2n) is 6.72. The van der Waals surface area contributed by atoms with Crippen LogP contribution in [0.3, 0.4) is 0 Å². The molecule has 4 aromatic heterocycles. The first-order valence-electron chi connectivity index (χ1n) is 9.14. The fraction of sp³-hybridized carbons (Fsp3) is 0.0833. The Kier molecular flexibility index (Phi) is 5.02. The van der Waals surface area contributed by atoms with Crippen molar-refractivity contribution in [3.63, 3.8) is 0 Å². The van der Waals surface area contributed by atoms with E-state index in [9.17, 15) is 0 Å². The maximum absolute atomic E-state index is 4.45. The first-order chi connectivity index (χ1) is 13.7. The zero-order valence-electron chi connectivity index (χ0n) is 15.9. The molecule has 4 nitrogen and oxygen atoms in total. The van der Waals surface area contributed by atoms with Gasteiger partial charge in [-0.2, -0.15) is 0 Å². The standard InChI is InChI=1S/C24H20N4/c1-17-5-9-25-21(13-17)23-15-19(7-11-27-23)3-4-20-8-12-28-24(16-20)22-14-18(2)6-10-26-22/h3-16H,1-2H3/b4-3+. The lowest BCUT2D eigenvalue weighted by molar-refractivity contribution is 1.22. The Labute approximate surface area is 164 Å². The van der Waals surface area contributed by atoms with Crippen LogP contribution in [0.2, 0.25) is 0 Å². The van der Waals surface area contributed by atoms with Crippen molar-refractivity contribution >= 4 is 12.2 Å². The molecule has 0 spiro atoms. The van der Waals surface area contributed by atoms with Gasteiger partial charge in [-0.25, -0.2) is 0 Å². The molecule has 0 amide bonds. The van der Waals surface area contributed by atoms with Crippen LogP contribution in [0.4, 0.5) is 0 Å². The molecule has 28 heavy (non-hydrogen) atoms. The van der Waals surface area contributed by atoms with E-state index in [0.29, 0.717) is 0 Å². The van der Waals surface area contributed by atoms with Crippen molar-refractivity contribution in [2.24, 2.45) is 0 Å². The number of rotatable bonds is 4. The lowest BCUT2D eigenvalue weighted by Gasteiger charge is -2.03. The van der Waals surface area contributed by atoms with Crippen LogP contribution in [-0.4, -0.2) is 19.9 Å². The molecule has 4 heteroatoms. The van der Waals surface area contributed by atoms with Crippen LogP contribution in [0, 0.1) is 13.8 Å². The van der Waals surface area contributed by atoms with Gasteiger partial charge in [0.25, 0.3) is 0 Å². The minimum Gasteiger partial charge on any atom is -0.255 e. The number of nitrogens with zero attached hydrogens (tertiary/aromatic N) is 4. The van der Waals surface area contributed by atoms with Gasteiger partial charge in [-0.15, -0.1) is 0 Å². The van der Waals surface area contributed by atoms with E-state index < -0.39 is 0 Å². The van der Waals surface area contributed by atoms with Crippen molar-refractivity contribution in [2.45, 2.75) is 13.8 Å². The molecule has 4 heterocycles. The fourth-order valence-corrected chi connectivity index (χ4v) is 2.93. The fourth-order valence-electron chi connectivity index (χ4n) is 2.93. The molecule has 0 aliphatic rings. The lowest BCUT2D eigenvalue weighted by atomic mass is 10.1. The molecule has 0 radical (unpaired) electrons. The van der Waals surface area contributed by atoms with E-state index in [2.05, 4.69) is 45.9 Å². The van der Waals surface area contributed by atoms with Crippen LogP contribution in [0.15, 0.2) is 73.3 Å². The summed E-state index contributed by atoms with van der Waals surface area (Å²) < 4.78 is 0. The van der Waals surface area contributed by atoms with Crippen molar-refractivity contribution < 1.29 is 0 Å². The first-order valence-corrected chi connectivity index (χ1v) is 9.14. The lowest BCUT2D eigenvalue weighted by Crippen LogP contribution is -1.89. The number of aryl methyl sites for hydroxylation is 2. The SMILES string of the molecule is Cc1ccnc(-c2cc(/C=C/c3ccnc(-c4cc(C)ccn4)c3)ccn2)c1. The highest BCUT2D eigenvalue weighted by Gasteiger charge is 2.03. The Morgan fingerprint density at radius 2 is 0.857 bits per heavy atom. The zero-order valence-corrected chi connectivity index (χ0v) is 15.9. The van der Waals surface area contributed by atoms with Crippen molar-refractivity contribution in [3.8, 4) is 22.8 Å². The van der Waals surface area contributed by atoms with E-state index >= 15 is 0 Å². The van der Waals surface area contributed by atoms with Crippen LogP contribution in [-0.2, 0) is 0 Å². The summed E-state index contributed by atoms with van der Waals surface area (Å²) in [4.78, 5) is 17.7. The van der Waals surface area contributed by atoms with E-state index in [-0.39, 0.29) is 0 Å². The third kappa shape index (κ3) is 4.18.